The Morgan fingerprint density at radius 1 is 1.20 bits per heavy atom. The second-order valence-corrected chi connectivity index (χ2v) is 10.5. The highest BCUT2D eigenvalue weighted by molar-refractivity contribution is 6.77. The molecule has 15 heavy (non-hydrogen) atoms. The lowest BCUT2D eigenvalue weighted by atomic mass is 9.99. The number of benzene rings is 1. The molecule has 0 aromatic heterocycles. The van der Waals surface area contributed by atoms with Crippen LogP contribution in [0, 0.1) is 0 Å². The molecule has 0 aliphatic carbocycles. The summed E-state index contributed by atoms with van der Waals surface area (Å²) in [5, 5.41) is 0. The third-order valence-corrected chi connectivity index (χ3v) is 5.18. The highest BCUT2D eigenvalue weighted by Gasteiger charge is 2.29. The zero-order chi connectivity index (χ0) is 11.5. The summed E-state index contributed by atoms with van der Waals surface area (Å²) in [6, 6.07) is 10.4. The minimum atomic E-state index is -1.32. The molecule has 1 nitrogen and oxygen atoms in total. The van der Waals surface area contributed by atoms with Gasteiger partial charge in [-0.3, -0.25) is 0 Å². The van der Waals surface area contributed by atoms with E-state index < -0.39 is 8.07 Å². The largest absolute Gasteiger partial charge is 0.329 e. The number of hydrogen-bond acceptors (Lipinski definition) is 1. The fourth-order valence-electron chi connectivity index (χ4n) is 1.70. The molecule has 0 aliphatic heterocycles. The van der Waals surface area contributed by atoms with Gasteiger partial charge in [-0.25, -0.2) is 0 Å². The first-order valence-corrected chi connectivity index (χ1v) is 8.97. The smallest absolute Gasteiger partial charge is 0.0643 e. The summed E-state index contributed by atoms with van der Waals surface area (Å²) in [5.74, 6) is 0.290. The first-order valence-electron chi connectivity index (χ1n) is 5.40. The van der Waals surface area contributed by atoms with Gasteiger partial charge in [-0.2, -0.15) is 0 Å². The second-order valence-electron chi connectivity index (χ2n) is 5.06. The van der Waals surface area contributed by atoms with Crippen LogP contribution in [0.4, 0.5) is 0 Å². The molecule has 1 aromatic carbocycles. The molecule has 1 aromatic rings. The normalized spacial score (nSPS) is 15.7. The molecule has 0 aliphatic rings. The maximum absolute atomic E-state index is 6.33. The van der Waals surface area contributed by atoms with E-state index >= 15 is 0 Å². The molecule has 0 radical (unpaired) electrons. The summed E-state index contributed by atoms with van der Waals surface area (Å²) in [6.07, 6.45) is 1.98. The molecular formula is C13H21NSi. The van der Waals surface area contributed by atoms with Gasteiger partial charge in [0.05, 0.1) is 8.07 Å². The van der Waals surface area contributed by atoms with Crippen molar-refractivity contribution in [2.45, 2.75) is 31.2 Å². The summed E-state index contributed by atoms with van der Waals surface area (Å²) < 4.78 is 0. The summed E-state index contributed by atoms with van der Waals surface area (Å²) >= 11 is 0. The molecule has 0 saturated carbocycles. The van der Waals surface area contributed by atoms with Gasteiger partial charge in [0, 0.05) is 11.6 Å². The van der Waals surface area contributed by atoms with Gasteiger partial charge in [0.25, 0.3) is 0 Å². The third-order valence-electron chi connectivity index (χ3n) is 2.83. The van der Waals surface area contributed by atoms with Crippen LogP contribution < -0.4 is 5.73 Å². The van der Waals surface area contributed by atoms with Crippen molar-refractivity contribution in [3.05, 3.63) is 48.6 Å². The molecule has 0 fully saturated rings. The van der Waals surface area contributed by atoms with Crippen LogP contribution in [-0.4, -0.2) is 13.7 Å². The molecular weight excluding hydrogens is 198 g/mol. The maximum Gasteiger partial charge on any atom is 0.0643 e. The van der Waals surface area contributed by atoms with E-state index in [9.17, 15) is 0 Å². The van der Waals surface area contributed by atoms with Gasteiger partial charge < -0.3 is 5.73 Å². The molecule has 0 amide bonds. The Morgan fingerprint density at radius 2 is 1.73 bits per heavy atom. The van der Waals surface area contributed by atoms with Crippen molar-refractivity contribution in [2.75, 3.05) is 0 Å². The molecule has 2 heteroatoms. The average Bonchev–Trinajstić information content (AvgIpc) is 2.19. The molecule has 1 rings (SSSR count). The van der Waals surface area contributed by atoms with Gasteiger partial charge in [-0.05, 0) is 5.56 Å². The Labute approximate surface area is 94.0 Å². The standard InChI is InChI=1S/C13H21NSi/c1-5-12(13(14)15(2,3)4)11-9-7-6-8-10-11/h5-10,12-13H,1,14H2,2-4H3/t12-,13-/m1/s1. The second kappa shape index (κ2) is 4.77. The van der Waals surface area contributed by atoms with E-state index in [1.165, 1.54) is 5.56 Å². The minimum absolute atomic E-state index is 0.234. The van der Waals surface area contributed by atoms with E-state index in [0.717, 1.165) is 0 Å². The van der Waals surface area contributed by atoms with E-state index in [1.807, 2.05) is 12.1 Å². The van der Waals surface area contributed by atoms with Crippen molar-refractivity contribution in [3.8, 4) is 0 Å². The highest BCUT2D eigenvalue weighted by atomic mass is 28.3. The summed E-state index contributed by atoms with van der Waals surface area (Å²) in [5.41, 5.74) is 7.84. The molecule has 0 unspecified atom stereocenters. The van der Waals surface area contributed by atoms with Crippen LogP contribution in [0.3, 0.4) is 0 Å². The van der Waals surface area contributed by atoms with E-state index in [1.54, 1.807) is 0 Å². The molecule has 82 valence electrons. The number of hydrogen-bond donors (Lipinski definition) is 1. The third kappa shape index (κ3) is 3.04. The predicted octanol–water partition coefficient (Wildman–Crippen LogP) is 3.16. The molecule has 0 heterocycles. The maximum atomic E-state index is 6.33. The number of rotatable bonds is 4. The van der Waals surface area contributed by atoms with Crippen molar-refractivity contribution < 1.29 is 0 Å². The quantitative estimate of drug-likeness (QED) is 0.611. The lowest BCUT2D eigenvalue weighted by Crippen LogP contribution is -2.48. The van der Waals surface area contributed by atoms with Crippen LogP contribution in [0.2, 0.25) is 19.6 Å². The SMILES string of the molecule is C=C[C@H](c1ccccc1)[C@H](N)[Si](C)(C)C. The summed E-state index contributed by atoms with van der Waals surface area (Å²) in [7, 11) is -1.32. The van der Waals surface area contributed by atoms with Crippen LogP contribution in [0.5, 0.6) is 0 Å². The summed E-state index contributed by atoms with van der Waals surface area (Å²) in [6.45, 7) is 10.8. The lowest BCUT2D eigenvalue weighted by molar-refractivity contribution is 0.756. The minimum Gasteiger partial charge on any atom is -0.329 e. The molecule has 2 N–H and O–H groups in total. The first kappa shape index (κ1) is 12.2. The van der Waals surface area contributed by atoms with Gasteiger partial charge in [0.15, 0.2) is 0 Å². The molecule has 0 spiro atoms. The van der Waals surface area contributed by atoms with Gasteiger partial charge >= 0.3 is 0 Å². The van der Waals surface area contributed by atoms with E-state index in [0.29, 0.717) is 0 Å². The predicted molar refractivity (Wildman–Crippen MR) is 70.7 cm³/mol. The average molecular weight is 219 g/mol. The first-order chi connectivity index (χ1) is 6.96. The molecule has 0 bridgehead atoms. The molecule has 2 atom stereocenters. The van der Waals surface area contributed by atoms with E-state index in [4.69, 9.17) is 5.73 Å². The van der Waals surface area contributed by atoms with Crippen LogP contribution in [0.25, 0.3) is 0 Å². The van der Waals surface area contributed by atoms with Crippen LogP contribution in [0.1, 0.15) is 11.5 Å². The lowest BCUT2D eigenvalue weighted by Gasteiger charge is -2.31. The van der Waals surface area contributed by atoms with Crippen molar-refractivity contribution in [2.24, 2.45) is 5.73 Å². The van der Waals surface area contributed by atoms with Crippen LogP contribution in [0.15, 0.2) is 43.0 Å². The Balaban J connectivity index is 2.95. The van der Waals surface area contributed by atoms with Crippen LogP contribution >= 0.6 is 0 Å². The van der Waals surface area contributed by atoms with Crippen molar-refractivity contribution in [1.29, 1.82) is 0 Å². The Bertz CT molecular complexity index is 313. The van der Waals surface area contributed by atoms with Crippen LogP contribution in [-0.2, 0) is 0 Å². The Kier molecular flexibility index (Phi) is 3.88. The highest BCUT2D eigenvalue weighted by Crippen LogP contribution is 2.25. The topological polar surface area (TPSA) is 26.0 Å². The van der Waals surface area contributed by atoms with Gasteiger partial charge in [-0.15, -0.1) is 6.58 Å². The van der Waals surface area contributed by atoms with Gasteiger partial charge in [0.1, 0.15) is 0 Å². The van der Waals surface area contributed by atoms with Crippen molar-refractivity contribution >= 4 is 8.07 Å². The van der Waals surface area contributed by atoms with Gasteiger partial charge in [-0.1, -0.05) is 56.0 Å². The van der Waals surface area contributed by atoms with E-state index in [-0.39, 0.29) is 11.6 Å². The summed E-state index contributed by atoms with van der Waals surface area (Å²) in [4.78, 5) is 0. The Hall–Kier alpha value is -0.863. The fraction of sp³-hybridized carbons (Fsp3) is 0.385. The van der Waals surface area contributed by atoms with Crippen molar-refractivity contribution in [3.63, 3.8) is 0 Å². The fourth-order valence-corrected chi connectivity index (χ4v) is 3.11. The Morgan fingerprint density at radius 3 is 2.13 bits per heavy atom. The zero-order valence-electron chi connectivity index (χ0n) is 9.90. The zero-order valence-corrected chi connectivity index (χ0v) is 10.9. The van der Waals surface area contributed by atoms with Crippen molar-refractivity contribution in [1.82, 2.24) is 0 Å². The van der Waals surface area contributed by atoms with Gasteiger partial charge in [0.2, 0.25) is 0 Å². The number of nitrogens with two attached hydrogens (primary N) is 1. The molecule has 0 saturated heterocycles. The monoisotopic (exact) mass is 219 g/mol. The van der Waals surface area contributed by atoms with E-state index in [2.05, 4.69) is 50.5 Å².